The van der Waals surface area contributed by atoms with Crippen molar-refractivity contribution in [2.45, 2.75) is 0 Å². The molecule has 1 amide bonds. The van der Waals surface area contributed by atoms with Crippen LogP contribution in [0.5, 0.6) is 0 Å². The molecule has 1 heterocycles. The van der Waals surface area contributed by atoms with Crippen LogP contribution in [0.4, 0.5) is 5.69 Å². The lowest BCUT2D eigenvalue weighted by atomic mass is 10.1. The summed E-state index contributed by atoms with van der Waals surface area (Å²) in [6.45, 7) is 0. The van der Waals surface area contributed by atoms with Gasteiger partial charge in [0.25, 0.3) is 5.91 Å². The van der Waals surface area contributed by atoms with Crippen LogP contribution >= 0.6 is 0 Å². The van der Waals surface area contributed by atoms with E-state index in [1.165, 1.54) is 0 Å². The number of para-hydroxylation sites is 1. The van der Waals surface area contributed by atoms with Gasteiger partial charge < -0.3 is 5.32 Å². The Morgan fingerprint density at radius 3 is 2.30 bits per heavy atom. The Morgan fingerprint density at radius 2 is 1.60 bits per heavy atom. The number of nitrogens with one attached hydrogen (secondary N) is 2. The average molecular weight is 263 g/mol. The van der Waals surface area contributed by atoms with Crippen LogP contribution < -0.4 is 5.32 Å². The van der Waals surface area contributed by atoms with Crippen LogP contribution in [0.15, 0.2) is 66.7 Å². The zero-order valence-corrected chi connectivity index (χ0v) is 10.7. The molecule has 0 bridgehead atoms. The maximum absolute atomic E-state index is 12.1. The highest BCUT2D eigenvalue weighted by atomic mass is 16.1. The first-order valence-corrected chi connectivity index (χ1v) is 6.30. The van der Waals surface area contributed by atoms with Crippen molar-refractivity contribution in [2.75, 3.05) is 5.32 Å². The van der Waals surface area contributed by atoms with E-state index in [1.54, 1.807) is 6.07 Å². The number of carbonyl (C=O) groups is 1. The minimum Gasteiger partial charge on any atom is -0.321 e. The van der Waals surface area contributed by atoms with Gasteiger partial charge in [0.2, 0.25) is 0 Å². The highest BCUT2D eigenvalue weighted by molar-refractivity contribution is 6.03. The molecular formula is C16H13N3O. The fourth-order valence-corrected chi connectivity index (χ4v) is 1.91. The molecule has 20 heavy (non-hydrogen) atoms. The summed E-state index contributed by atoms with van der Waals surface area (Å²) < 4.78 is 0. The van der Waals surface area contributed by atoms with E-state index in [4.69, 9.17) is 0 Å². The van der Waals surface area contributed by atoms with Gasteiger partial charge in [-0.25, -0.2) is 0 Å². The van der Waals surface area contributed by atoms with Gasteiger partial charge in [-0.05, 0) is 18.2 Å². The zero-order chi connectivity index (χ0) is 13.8. The third-order valence-electron chi connectivity index (χ3n) is 2.92. The largest absolute Gasteiger partial charge is 0.321 e. The fourth-order valence-electron chi connectivity index (χ4n) is 1.91. The van der Waals surface area contributed by atoms with Gasteiger partial charge >= 0.3 is 0 Å². The second kappa shape index (κ2) is 5.40. The number of aromatic nitrogens is 2. The number of aromatic amines is 1. The molecule has 0 saturated carbocycles. The highest BCUT2D eigenvalue weighted by Crippen LogP contribution is 2.17. The Kier molecular flexibility index (Phi) is 3.29. The summed E-state index contributed by atoms with van der Waals surface area (Å²) in [4.78, 5) is 12.1. The first kappa shape index (κ1) is 12.2. The fraction of sp³-hybridized carbons (Fsp3) is 0. The first-order chi connectivity index (χ1) is 9.83. The molecule has 3 aromatic rings. The van der Waals surface area contributed by atoms with E-state index >= 15 is 0 Å². The Balaban J connectivity index is 1.79. The normalized spacial score (nSPS) is 10.2. The Morgan fingerprint density at radius 1 is 0.950 bits per heavy atom. The Hall–Kier alpha value is -2.88. The van der Waals surface area contributed by atoms with E-state index in [-0.39, 0.29) is 5.91 Å². The molecule has 0 fully saturated rings. The van der Waals surface area contributed by atoms with Gasteiger partial charge in [-0.2, -0.15) is 5.10 Å². The van der Waals surface area contributed by atoms with Crippen molar-refractivity contribution in [2.24, 2.45) is 0 Å². The number of hydrogen-bond acceptors (Lipinski definition) is 2. The van der Waals surface area contributed by atoms with Gasteiger partial charge in [0, 0.05) is 11.3 Å². The minimum absolute atomic E-state index is 0.203. The molecule has 0 aliphatic carbocycles. The van der Waals surface area contributed by atoms with Gasteiger partial charge in [0.05, 0.1) is 5.69 Å². The molecule has 0 spiro atoms. The number of H-pyrrole nitrogens is 1. The first-order valence-electron chi connectivity index (χ1n) is 6.30. The molecule has 0 atom stereocenters. The molecule has 0 saturated heterocycles. The molecule has 4 nitrogen and oxygen atoms in total. The monoisotopic (exact) mass is 263 g/mol. The number of hydrogen-bond donors (Lipinski definition) is 2. The summed E-state index contributed by atoms with van der Waals surface area (Å²) in [6.07, 6.45) is 0. The van der Waals surface area contributed by atoms with E-state index in [0.29, 0.717) is 5.69 Å². The van der Waals surface area contributed by atoms with Crippen LogP contribution in [0.1, 0.15) is 10.5 Å². The molecule has 0 unspecified atom stereocenters. The molecule has 1 aromatic heterocycles. The van der Waals surface area contributed by atoms with Crippen LogP contribution in [0.3, 0.4) is 0 Å². The van der Waals surface area contributed by atoms with Crippen molar-refractivity contribution in [3.05, 3.63) is 72.4 Å². The predicted octanol–water partition coefficient (Wildman–Crippen LogP) is 3.33. The average Bonchev–Trinajstić information content (AvgIpc) is 2.99. The van der Waals surface area contributed by atoms with E-state index in [9.17, 15) is 4.79 Å². The lowest BCUT2D eigenvalue weighted by Gasteiger charge is -2.01. The van der Waals surface area contributed by atoms with Gasteiger partial charge in [0.15, 0.2) is 0 Å². The lowest BCUT2D eigenvalue weighted by molar-refractivity contribution is 0.102. The van der Waals surface area contributed by atoms with Gasteiger partial charge in [-0.1, -0.05) is 48.5 Å². The summed E-state index contributed by atoms with van der Waals surface area (Å²) in [7, 11) is 0. The van der Waals surface area contributed by atoms with Crippen LogP contribution in [-0.2, 0) is 0 Å². The Bertz CT molecular complexity index is 705. The van der Waals surface area contributed by atoms with Crippen molar-refractivity contribution >= 4 is 11.6 Å². The van der Waals surface area contributed by atoms with E-state index in [0.717, 1.165) is 16.9 Å². The molecule has 2 N–H and O–H groups in total. The third kappa shape index (κ3) is 2.59. The number of rotatable bonds is 3. The molecule has 2 aromatic carbocycles. The predicted molar refractivity (Wildman–Crippen MR) is 78.4 cm³/mol. The molecule has 4 heteroatoms. The Labute approximate surface area is 116 Å². The lowest BCUT2D eigenvalue weighted by Crippen LogP contribution is -2.12. The number of carbonyl (C=O) groups excluding carboxylic acids is 1. The summed E-state index contributed by atoms with van der Waals surface area (Å²) in [5.41, 5.74) is 2.92. The minimum atomic E-state index is -0.203. The van der Waals surface area contributed by atoms with Crippen molar-refractivity contribution in [1.82, 2.24) is 10.2 Å². The molecule has 0 aliphatic heterocycles. The summed E-state index contributed by atoms with van der Waals surface area (Å²) in [5.74, 6) is -0.203. The quantitative estimate of drug-likeness (QED) is 0.761. The molecule has 3 rings (SSSR count). The molecule has 0 radical (unpaired) electrons. The number of anilines is 1. The standard InChI is InChI=1S/C16H13N3O/c20-16(17-13-9-5-2-6-10-13)15-11-14(18-19-15)12-7-3-1-4-8-12/h1-11H,(H,17,20)(H,18,19). The maximum Gasteiger partial charge on any atom is 0.273 e. The van der Waals surface area contributed by atoms with E-state index < -0.39 is 0 Å². The van der Waals surface area contributed by atoms with Crippen molar-refractivity contribution in [1.29, 1.82) is 0 Å². The molecule has 0 aliphatic rings. The van der Waals surface area contributed by atoms with Crippen LogP contribution in [0, 0.1) is 0 Å². The van der Waals surface area contributed by atoms with Crippen molar-refractivity contribution in [3.8, 4) is 11.3 Å². The van der Waals surface area contributed by atoms with Crippen molar-refractivity contribution in [3.63, 3.8) is 0 Å². The summed E-state index contributed by atoms with van der Waals surface area (Å²) in [6, 6.07) is 20.8. The number of benzene rings is 2. The highest BCUT2D eigenvalue weighted by Gasteiger charge is 2.10. The number of nitrogens with zero attached hydrogens (tertiary/aromatic N) is 1. The maximum atomic E-state index is 12.1. The van der Waals surface area contributed by atoms with Crippen LogP contribution in [0.25, 0.3) is 11.3 Å². The topological polar surface area (TPSA) is 57.8 Å². The second-order valence-electron chi connectivity index (χ2n) is 4.35. The number of amides is 1. The second-order valence-corrected chi connectivity index (χ2v) is 4.35. The SMILES string of the molecule is O=C(Nc1ccccc1)c1cc(-c2ccccc2)n[nH]1. The van der Waals surface area contributed by atoms with Gasteiger partial charge in [-0.15, -0.1) is 0 Å². The zero-order valence-electron chi connectivity index (χ0n) is 10.7. The van der Waals surface area contributed by atoms with Crippen LogP contribution in [0.2, 0.25) is 0 Å². The summed E-state index contributed by atoms with van der Waals surface area (Å²) in [5, 5.41) is 9.74. The van der Waals surface area contributed by atoms with Gasteiger partial charge in [-0.3, -0.25) is 9.89 Å². The van der Waals surface area contributed by atoms with Crippen molar-refractivity contribution < 1.29 is 4.79 Å². The van der Waals surface area contributed by atoms with E-state index in [2.05, 4.69) is 15.5 Å². The van der Waals surface area contributed by atoms with E-state index in [1.807, 2.05) is 60.7 Å². The third-order valence-corrected chi connectivity index (χ3v) is 2.92. The molecule has 98 valence electrons. The van der Waals surface area contributed by atoms with Crippen LogP contribution in [-0.4, -0.2) is 16.1 Å². The summed E-state index contributed by atoms with van der Waals surface area (Å²) >= 11 is 0. The smallest absolute Gasteiger partial charge is 0.273 e. The molecular weight excluding hydrogens is 250 g/mol. The van der Waals surface area contributed by atoms with Gasteiger partial charge in [0.1, 0.15) is 5.69 Å².